The molecule has 0 bridgehead atoms. The maximum absolute atomic E-state index is 12.9. The van der Waals surface area contributed by atoms with Crippen molar-refractivity contribution in [3.05, 3.63) is 52.0 Å². The Morgan fingerprint density at radius 2 is 2.00 bits per heavy atom. The van der Waals surface area contributed by atoms with E-state index < -0.39 is 9.84 Å². The Hall–Kier alpha value is -2.39. The van der Waals surface area contributed by atoms with Crippen LogP contribution in [0.5, 0.6) is 5.75 Å². The van der Waals surface area contributed by atoms with E-state index in [1.807, 2.05) is 25.1 Å². The number of hydrogen-bond donors (Lipinski definition) is 1. The molecule has 0 aliphatic heterocycles. The van der Waals surface area contributed by atoms with Gasteiger partial charge in [-0.15, -0.1) is 0 Å². The number of ether oxygens (including phenoxy) is 1. The summed E-state index contributed by atoms with van der Waals surface area (Å²) in [7, 11) is -1.85. The number of halogens is 1. The molecule has 2 aromatic rings. The second kappa shape index (κ2) is 12.0. The standard InChI is InChI=1S/C26H33BrN2O5S/c1-4-5-12-34-24-10-6-20(27)15-23(24)18(2)13-26(31)28-21-7-11-25(35(32,33)22-8-9-22)19(14-21)16-29(3)17-30/h6-7,10-11,14-15,17-18,22H,4-5,8-9,12-13,16H2,1-3H3,(H,28,31)/t18-/m0/s1. The molecule has 1 saturated carbocycles. The number of carbonyl (C=O) groups is 2. The molecular formula is C26H33BrN2O5S. The summed E-state index contributed by atoms with van der Waals surface area (Å²) in [4.78, 5) is 25.7. The number of carbonyl (C=O) groups excluding carboxylic acids is 2. The van der Waals surface area contributed by atoms with Crippen molar-refractivity contribution < 1.29 is 22.7 Å². The molecule has 0 radical (unpaired) electrons. The molecule has 2 aromatic carbocycles. The number of sulfone groups is 1. The van der Waals surface area contributed by atoms with E-state index in [0.29, 0.717) is 37.1 Å². The third-order valence-corrected chi connectivity index (χ3v) is 8.82. The Labute approximate surface area is 216 Å². The molecule has 0 saturated heterocycles. The average molecular weight is 566 g/mol. The number of nitrogens with zero attached hydrogens (tertiary/aromatic N) is 1. The highest BCUT2D eigenvalue weighted by Gasteiger charge is 2.38. The lowest BCUT2D eigenvalue weighted by Crippen LogP contribution is -2.20. The van der Waals surface area contributed by atoms with Crippen LogP contribution in [0.15, 0.2) is 45.8 Å². The van der Waals surface area contributed by atoms with Crippen molar-refractivity contribution in [2.75, 3.05) is 19.0 Å². The highest BCUT2D eigenvalue weighted by molar-refractivity contribution is 9.10. The third-order valence-electron chi connectivity index (χ3n) is 5.96. The van der Waals surface area contributed by atoms with Gasteiger partial charge < -0.3 is 15.0 Å². The lowest BCUT2D eigenvalue weighted by molar-refractivity contribution is -0.117. The van der Waals surface area contributed by atoms with Crippen molar-refractivity contribution >= 4 is 43.8 Å². The minimum atomic E-state index is -3.44. The van der Waals surface area contributed by atoms with Crippen LogP contribution in [-0.4, -0.2) is 44.5 Å². The van der Waals surface area contributed by atoms with Crippen LogP contribution in [0.25, 0.3) is 0 Å². The van der Waals surface area contributed by atoms with Crippen molar-refractivity contribution in [1.82, 2.24) is 4.90 Å². The molecule has 190 valence electrons. The Bertz CT molecular complexity index is 1160. The van der Waals surface area contributed by atoms with Gasteiger partial charge in [0.25, 0.3) is 0 Å². The number of amides is 2. The summed E-state index contributed by atoms with van der Waals surface area (Å²) in [5.74, 6) is 0.486. The molecule has 1 aliphatic carbocycles. The highest BCUT2D eigenvalue weighted by Crippen LogP contribution is 2.36. The first-order chi connectivity index (χ1) is 16.6. The van der Waals surface area contributed by atoms with Crippen LogP contribution in [0.4, 0.5) is 5.69 Å². The molecule has 7 nitrogen and oxygen atoms in total. The van der Waals surface area contributed by atoms with E-state index in [4.69, 9.17) is 4.74 Å². The molecule has 1 atom stereocenters. The lowest BCUT2D eigenvalue weighted by Gasteiger charge is -2.19. The van der Waals surface area contributed by atoms with E-state index in [2.05, 4.69) is 28.2 Å². The molecule has 0 heterocycles. The monoisotopic (exact) mass is 564 g/mol. The first-order valence-corrected chi connectivity index (χ1v) is 14.2. The minimum absolute atomic E-state index is 0.0979. The van der Waals surface area contributed by atoms with Gasteiger partial charge in [-0.2, -0.15) is 0 Å². The molecular weight excluding hydrogens is 532 g/mol. The molecule has 0 unspecified atom stereocenters. The van der Waals surface area contributed by atoms with Crippen molar-refractivity contribution in [2.45, 2.75) is 68.6 Å². The number of rotatable bonds is 13. The first-order valence-electron chi connectivity index (χ1n) is 11.9. The van der Waals surface area contributed by atoms with Crippen molar-refractivity contribution in [2.24, 2.45) is 0 Å². The van der Waals surface area contributed by atoms with E-state index in [0.717, 1.165) is 28.6 Å². The Kier molecular flexibility index (Phi) is 9.35. The zero-order valence-electron chi connectivity index (χ0n) is 20.4. The number of nitrogens with one attached hydrogen (secondary N) is 1. The van der Waals surface area contributed by atoms with Crippen LogP contribution in [0.1, 0.15) is 63.0 Å². The SMILES string of the molecule is CCCCOc1ccc(Br)cc1[C@@H](C)CC(=O)Nc1ccc(S(=O)(=O)C2CC2)c(CN(C)C=O)c1. The third kappa shape index (κ3) is 7.30. The second-order valence-corrected chi connectivity index (χ2v) is 12.2. The van der Waals surface area contributed by atoms with E-state index >= 15 is 0 Å². The fraction of sp³-hybridized carbons (Fsp3) is 0.462. The molecule has 9 heteroatoms. The van der Waals surface area contributed by atoms with Crippen LogP contribution in [0.3, 0.4) is 0 Å². The average Bonchev–Trinajstić information content (AvgIpc) is 3.66. The van der Waals surface area contributed by atoms with Gasteiger partial charge in [-0.05, 0) is 72.7 Å². The summed E-state index contributed by atoms with van der Waals surface area (Å²) in [5.41, 5.74) is 1.95. The smallest absolute Gasteiger partial charge is 0.224 e. The fourth-order valence-electron chi connectivity index (χ4n) is 3.88. The van der Waals surface area contributed by atoms with Gasteiger partial charge in [0.15, 0.2) is 9.84 Å². The quantitative estimate of drug-likeness (QED) is 0.264. The predicted molar refractivity (Wildman–Crippen MR) is 140 cm³/mol. The van der Waals surface area contributed by atoms with Crippen LogP contribution < -0.4 is 10.1 Å². The number of unbranched alkanes of at least 4 members (excludes halogenated alkanes) is 1. The lowest BCUT2D eigenvalue weighted by atomic mass is 9.96. The van der Waals surface area contributed by atoms with Crippen LogP contribution in [0.2, 0.25) is 0 Å². The van der Waals surface area contributed by atoms with Gasteiger partial charge in [-0.3, -0.25) is 9.59 Å². The maximum Gasteiger partial charge on any atom is 0.224 e. The molecule has 0 aromatic heterocycles. The van der Waals surface area contributed by atoms with E-state index in [-0.39, 0.29) is 34.9 Å². The number of anilines is 1. The molecule has 3 rings (SSSR count). The number of benzene rings is 2. The highest BCUT2D eigenvalue weighted by atomic mass is 79.9. The topological polar surface area (TPSA) is 92.8 Å². The van der Waals surface area contributed by atoms with Gasteiger partial charge in [0, 0.05) is 30.2 Å². The predicted octanol–water partition coefficient (Wildman–Crippen LogP) is 5.28. The normalized spacial score (nSPS) is 14.3. The number of hydrogen-bond acceptors (Lipinski definition) is 5. The van der Waals surface area contributed by atoms with E-state index in [9.17, 15) is 18.0 Å². The molecule has 0 spiro atoms. The molecule has 1 N–H and O–H groups in total. The molecule has 2 amide bonds. The summed E-state index contributed by atoms with van der Waals surface area (Å²) < 4.78 is 32.6. The summed E-state index contributed by atoms with van der Waals surface area (Å²) in [6, 6.07) is 10.6. The van der Waals surface area contributed by atoms with Crippen molar-refractivity contribution in [1.29, 1.82) is 0 Å². The van der Waals surface area contributed by atoms with Gasteiger partial charge in [0.1, 0.15) is 5.75 Å². The van der Waals surface area contributed by atoms with Crippen molar-refractivity contribution in [3.63, 3.8) is 0 Å². The van der Waals surface area contributed by atoms with Gasteiger partial charge in [-0.25, -0.2) is 8.42 Å². The van der Waals surface area contributed by atoms with E-state index in [1.54, 1.807) is 19.2 Å². The summed E-state index contributed by atoms with van der Waals surface area (Å²) in [6.07, 6.45) is 4.18. The zero-order chi connectivity index (χ0) is 25.6. The minimum Gasteiger partial charge on any atom is -0.493 e. The second-order valence-electron chi connectivity index (χ2n) is 9.12. The van der Waals surface area contributed by atoms with Gasteiger partial charge in [0.2, 0.25) is 12.3 Å². The van der Waals surface area contributed by atoms with Crippen LogP contribution in [-0.2, 0) is 26.0 Å². The van der Waals surface area contributed by atoms with Crippen LogP contribution in [0, 0.1) is 0 Å². The summed E-state index contributed by atoms with van der Waals surface area (Å²) >= 11 is 3.50. The molecule has 1 aliphatic rings. The zero-order valence-corrected chi connectivity index (χ0v) is 22.8. The van der Waals surface area contributed by atoms with Gasteiger partial charge in [0.05, 0.1) is 16.8 Å². The fourth-order valence-corrected chi connectivity index (χ4v) is 6.13. The van der Waals surface area contributed by atoms with Crippen molar-refractivity contribution in [3.8, 4) is 5.75 Å². The molecule has 35 heavy (non-hydrogen) atoms. The van der Waals surface area contributed by atoms with E-state index in [1.165, 1.54) is 11.0 Å². The maximum atomic E-state index is 12.9. The van der Waals surface area contributed by atoms with Crippen LogP contribution >= 0.6 is 15.9 Å². The Morgan fingerprint density at radius 1 is 1.26 bits per heavy atom. The Balaban J connectivity index is 1.76. The summed E-state index contributed by atoms with van der Waals surface area (Å²) in [6.45, 7) is 4.85. The first kappa shape index (κ1) is 27.2. The largest absolute Gasteiger partial charge is 0.493 e. The van der Waals surface area contributed by atoms with Gasteiger partial charge >= 0.3 is 0 Å². The Morgan fingerprint density at radius 3 is 2.66 bits per heavy atom. The summed E-state index contributed by atoms with van der Waals surface area (Å²) in [5, 5.41) is 2.53. The van der Waals surface area contributed by atoms with Gasteiger partial charge in [-0.1, -0.05) is 36.2 Å². The molecule has 1 fully saturated rings.